The lowest BCUT2D eigenvalue weighted by atomic mass is 9.86. The molecule has 0 atom stereocenters. The van der Waals surface area contributed by atoms with Gasteiger partial charge in [0.1, 0.15) is 17.7 Å². The van der Waals surface area contributed by atoms with Gasteiger partial charge in [-0.3, -0.25) is 0 Å². The molecule has 0 rings (SSSR count). The van der Waals surface area contributed by atoms with Gasteiger partial charge in [-0.05, 0) is 6.42 Å². The Morgan fingerprint density at radius 3 is 2.08 bits per heavy atom. The number of nitriles is 2. The van der Waals surface area contributed by atoms with E-state index in [0.717, 1.165) is 12.8 Å². The van der Waals surface area contributed by atoms with Gasteiger partial charge in [-0.2, -0.15) is 10.5 Å². The third-order valence-corrected chi connectivity index (χ3v) is 2.61. The Hall–Kier alpha value is -0.990. The lowest BCUT2D eigenvalue weighted by Crippen LogP contribution is -2.12. The molecule has 0 heterocycles. The molecule has 0 N–H and O–H groups in total. The van der Waals surface area contributed by atoms with Crippen LogP contribution in [0.3, 0.4) is 0 Å². The minimum atomic E-state index is -0.267. The van der Waals surface area contributed by atoms with E-state index in [1.807, 2.05) is 20.8 Å². The molecule has 2 nitrogen and oxygen atoms in total. The average molecular weight is 197 g/mol. The van der Waals surface area contributed by atoms with E-state index in [1.54, 1.807) is 12.1 Å². The van der Waals surface area contributed by atoms with Crippen LogP contribution in [0, 0.1) is 28.1 Å². The van der Waals surface area contributed by atoms with Gasteiger partial charge in [0.15, 0.2) is 0 Å². The molecule has 0 spiro atoms. The zero-order valence-corrected chi connectivity index (χ0v) is 8.94. The van der Waals surface area contributed by atoms with Gasteiger partial charge in [0.25, 0.3) is 0 Å². The number of nitrogens with zero attached hydrogens (tertiary/aromatic N) is 2. The standard InChI is InChI=1S/C10H13ClN2/c1-4-5-10(2,3)9(11)8(6-12)7-13/h4-5H2,1-3H3. The maximum absolute atomic E-state index is 8.61. The zero-order valence-electron chi connectivity index (χ0n) is 8.19. The van der Waals surface area contributed by atoms with Crippen molar-refractivity contribution in [1.29, 1.82) is 10.5 Å². The van der Waals surface area contributed by atoms with Gasteiger partial charge in [-0.25, -0.2) is 0 Å². The van der Waals surface area contributed by atoms with E-state index in [2.05, 4.69) is 0 Å². The van der Waals surface area contributed by atoms with Crippen molar-refractivity contribution in [2.45, 2.75) is 33.6 Å². The fraction of sp³-hybridized carbons (Fsp3) is 0.600. The molecule has 0 saturated heterocycles. The zero-order chi connectivity index (χ0) is 10.5. The quantitative estimate of drug-likeness (QED) is 0.650. The number of hydrogen-bond donors (Lipinski definition) is 0. The first-order valence-electron chi connectivity index (χ1n) is 4.20. The van der Waals surface area contributed by atoms with Crippen LogP contribution in [-0.4, -0.2) is 0 Å². The molecule has 0 saturated carbocycles. The van der Waals surface area contributed by atoms with Crippen LogP contribution in [0.2, 0.25) is 0 Å². The van der Waals surface area contributed by atoms with Gasteiger partial charge in [0, 0.05) is 5.41 Å². The molecule has 0 aliphatic carbocycles. The third-order valence-electron chi connectivity index (χ3n) is 1.91. The van der Waals surface area contributed by atoms with Gasteiger partial charge in [0.05, 0.1) is 5.03 Å². The van der Waals surface area contributed by atoms with Gasteiger partial charge in [0.2, 0.25) is 0 Å². The summed E-state index contributed by atoms with van der Waals surface area (Å²) in [5.74, 6) is 0. The molecule has 0 amide bonds. The predicted molar refractivity (Wildman–Crippen MR) is 52.8 cm³/mol. The molecule has 3 heteroatoms. The highest BCUT2D eigenvalue weighted by atomic mass is 35.5. The fourth-order valence-electron chi connectivity index (χ4n) is 1.20. The van der Waals surface area contributed by atoms with Crippen molar-refractivity contribution >= 4 is 11.6 Å². The Morgan fingerprint density at radius 2 is 1.77 bits per heavy atom. The van der Waals surface area contributed by atoms with Crippen LogP contribution < -0.4 is 0 Å². The number of allylic oxidation sites excluding steroid dienone is 2. The van der Waals surface area contributed by atoms with Crippen molar-refractivity contribution in [2.75, 3.05) is 0 Å². The summed E-state index contributed by atoms with van der Waals surface area (Å²) < 4.78 is 0. The van der Waals surface area contributed by atoms with Gasteiger partial charge in [-0.1, -0.05) is 38.8 Å². The Morgan fingerprint density at radius 1 is 1.31 bits per heavy atom. The molecule has 0 unspecified atom stereocenters. The number of hydrogen-bond acceptors (Lipinski definition) is 2. The van der Waals surface area contributed by atoms with E-state index >= 15 is 0 Å². The lowest BCUT2D eigenvalue weighted by Gasteiger charge is -2.22. The minimum Gasteiger partial charge on any atom is -0.192 e. The summed E-state index contributed by atoms with van der Waals surface area (Å²) in [5.41, 5.74) is -0.239. The smallest absolute Gasteiger partial charge is 0.144 e. The molecule has 0 aromatic carbocycles. The monoisotopic (exact) mass is 196 g/mol. The van der Waals surface area contributed by atoms with Crippen LogP contribution in [0.5, 0.6) is 0 Å². The first kappa shape index (κ1) is 12.0. The second-order valence-electron chi connectivity index (χ2n) is 3.55. The normalized spacial score (nSPS) is 10.0. The molecule has 70 valence electrons. The summed E-state index contributed by atoms with van der Waals surface area (Å²) in [7, 11) is 0. The molecule has 0 aliphatic rings. The Labute approximate surface area is 84.4 Å². The molecular weight excluding hydrogens is 184 g/mol. The van der Waals surface area contributed by atoms with Crippen molar-refractivity contribution in [3.05, 3.63) is 10.6 Å². The van der Waals surface area contributed by atoms with Gasteiger partial charge in [-0.15, -0.1) is 0 Å². The van der Waals surface area contributed by atoms with E-state index in [0.29, 0.717) is 5.03 Å². The van der Waals surface area contributed by atoms with Crippen LogP contribution in [0.4, 0.5) is 0 Å². The predicted octanol–water partition coefficient (Wildman–Crippen LogP) is 3.35. The number of rotatable bonds is 3. The molecular formula is C10H13ClN2. The Bertz CT molecular complexity index is 273. The van der Waals surface area contributed by atoms with Crippen molar-refractivity contribution in [1.82, 2.24) is 0 Å². The van der Waals surface area contributed by atoms with Crippen molar-refractivity contribution in [3.8, 4) is 12.1 Å². The first-order valence-corrected chi connectivity index (χ1v) is 4.57. The number of halogens is 1. The second kappa shape index (κ2) is 4.90. The first-order chi connectivity index (χ1) is 5.99. The maximum Gasteiger partial charge on any atom is 0.144 e. The van der Waals surface area contributed by atoms with Crippen molar-refractivity contribution in [3.63, 3.8) is 0 Å². The van der Waals surface area contributed by atoms with Gasteiger partial charge >= 0.3 is 0 Å². The van der Waals surface area contributed by atoms with E-state index in [1.165, 1.54) is 0 Å². The van der Waals surface area contributed by atoms with E-state index in [-0.39, 0.29) is 11.0 Å². The molecule has 13 heavy (non-hydrogen) atoms. The van der Waals surface area contributed by atoms with E-state index in [4.69, 9.17) is 22.1 Å². The molecule has 0 aromatic rings. The Balaban J connectivity index is 4.98. The third kappa shape index (κ3) is 3.09. The summed E-state index contributed by atoms with van der Waals surface area (Å²) in [5, 5.41) is 17.6. The van der Waals surface area contributed by atoms with Crippen LogP contribution in [0.1, 0.15) is 33.6 Å². The highest BCUT2D eigenvalue weighted by Crippen LogP contribution is 2.36. The average Bonchev–Trinajstić information content (AvgIpc) is 2.06. The molecule has 0 aliphatic heterocycles. The molecule has 0 radical (unpaired) electrons. The largest absolute Gasteiger partial charge is 0.192 e. The summed E-state index contributed by atoms with van der Waals surface area (Å²) in [6.07, 6.45) is 1.85. The highest BCUT2D eigenvalue weighted by Gasteiger charge is 2.24. The van der Waals surface area contributed by atoms with Crippen molar-refractivity contribution in [2.24, 2.45) is 5.41 Å². The van der Waals surface area contributed by atoms with Crippen LogP contribution in [0.25, 0.3) is 0 Å². The van der Waals surface area contributed by atoms with Gasteiger partial charge < -0.3 is 0 Å². The van der Waals surface area contributed by atoms with E-state index < -0.39 is 0 Å². The summed E-state index contributed by atoms with van der Waals surface area (Å²) >= 11 is 5.95. The van der Waals surface area contributed by atoms with E-state index in [9.17, 15) is 0 Å². The topological polar surface area (TPSA) is 47.6 Å². The second-order valence-corrected chi connectivity index (χ2v) is 3.92. The lowest BCUT2D eigenvalue weighted by molar-refractivity contribution is 0.420. The van der Waals surface area contributed by atoms with Crippen molar-refractivity contribution < 1.29 is 0 Å². The summed E-state index contributed by atoms with van der Waals surface area (Å²) in [4.78, 5) is 0. The molecule has 0 aromatic heterocycles. The molecule has 0 bridgehead atoms. The highest BCUT2D eigenvalue weighted by molar-refractivity contribution is 6.31. The summed E-state index contributed by atoms with van der Waals surface area (Å²) in [6.45, 7) is 5.92. The SMILES string of the molecule is CCCC(C)(C)C(Cl)=C(C#N)C#N. The summed E-state index contributed by atoms with van der Waals surface area (Å²) in [6, 6.07) is 3.61. The minimum absolute atomic E-state index is 0.0279. The Kier molecular flexibility index (Phi) is 4.52. The maximum atomic E-state index is 8.61. The molecule has 0 fully saturated rings. The van der Waals surface area contributed by atoms with Crippen LogP contribution >= 0.6 is 11.6 Å². The van der Waals surface area contributed by atoms with Crippen LogP contribution in [-0.2, 0) is 0 Å². The van der Waals surface area contributed by atoms with Crippen LogP contribution in [0.15, 0.2) is 10.6 Å². The fourth-order valence-corrected chi connectivity index (χ4v) is 1.38.